The first-order valence-corrected chi connectivity index (χ1v) is 13.7. The molecule has 6 atom stereocenters. The van der Waals surface area contributed by atoms with Crippen LogP contribution < -0.4 is 32.7 Å². The van der Waals surface area contributed by atoms with E-state index in [2.05, 4.69) is 26.3 Å². The van der Waals surface area contributed by atoms with E-state index >= 15 is 0 Å². The molecule has 0 aliphatic carbocycles. The number of carboxylic acids is 1. The minimum Gasteiger partial charge on any atom is -0.480 e. The fraction of sp³-hybridized carbons (Fsp3) is 0.440. The zero-order valence-electron chi connectivity index (χ0n) is 22.1. The first-order valence-electron chi connectivity index (χ1n) is 12.7. The molecule has 1 aromatic heterocycles. The van der Waals surface area contributed by atoms with Crippen molar-refractivity contribution in [1.29, 1.82) is 0 Å². The number of carboxylic acid groups (broad SMARTS) is 1. The molecule has 1 aromatic carbocycles. The van der Waals surface area contributed by atoms with Crippen LogP contribution in [-0.4, -0.2) is 98.5 Å². The summed E-state index contributed by atoms with van der Waals surface area (Å²) in [7, 11) is 0. The minimum atomic E-state index is -1.49. The molecule has 2 heterocycles. The van der Waals surface area contributed by atoms with Gasteiger partial charge in [0, 0.05) is 22.9 Å². The summed E-state index contributed by atoms with van der Waals surface area (Å²) in [6.07, 6.45) is 1.10. The molecule has 0 radical (unpaired) electrons. The molecule has 16 heteroatoms. The molecule has 3 rings (SSSR count). The minimum absolute atomic E-state index is 0.0252. The van der Waals surface area contributed by atoms with Gasteiger partial charge in [0.15, 0.2) is 0 Å². The fourth-order valence-electron chi connectivity index (χ4n) is 4.26. The standard InChI is InChI=1S/C25H33N7O8S/c1-11-21(35)31-17(7-19(27)34)23(37)30-16(6-12-8-28-15-5-3-2-4-13(12)15)20(25(39)40)41-10-14(26)22(36)32-18(9-33)24(38)29-11/h2-5,8,11,14,16-18,20,28,33H,6-7,9-10,26H2,1H3,(H2,27,34)(H,29,38)(H,30,37)(H,31,35)(H,32,36)(H,39,40)/t11-,14-,16?,17?,18?,20?/m0/s1. The SMILES string of the molecule is C[C@@H]1NC(=O)C(CO)NC(=O)[C@@H](N)CSC(C(=O)O)C(Cc2c[nH]c3ccccc23)NC(=O)C(CC(N)=O)NC1=O. The number of hydrogen-bond acceptors (Lipinski definition) is 9. The molecule has 1 saturated heterocycles. The van der Waals surface area contributed by atoms with Crippen LogP contribution in [0.2, 0.25) is 0 Å². The number of aromatic amines is 1. The second kappa shape index (κ2) is 14.0. The van der Waals surface area contributed by atoms with Crippen molar-refractivity contribution in [3.05, 3.63) is 36.0 Å². The van der Waals surface area contributed by atoms with Crippen molar-refractivity contribution in [2.24, 2.45) is 11.5 Å². The lowest BCUT2D eigenvalue weighted by molar-refractivity contribution is -0.138. The molecule has 222 valence electrons. The Bertz CT molecular complexity index is 1320. The van der Waals surface area contributed by atoms with Crippen LogP contribution in [0.25, 0.3) is 10.9 Å². The van der Waals surface area contributed by atoms with Gasteiger partial charge in [-0.3, -0.25) is 28.8 Å². The van der Waals surface area contributed by atoms with Gasteiger partial charge in [-0.1, -0.05) is 18.2 Å². The van der Waals surface area contributed by atoms with Crippen molar-refractivity contribution in [2.45, 2.75) is 55.2 Å². The summed E-state index contributed by atoms with van der Waals surface area (Å²) in [5.41, 5.74) is 12.8. The van der Waals surface area contributed by atoms with E-state index in [1.807, 2.05) is 18.2 Å². The predicted molar refractivity (Wildman–Crippen MR) is 148 cm³/mol. The summed E-state index contributed by atoms with van der Waals surface area (Å²) in [6.45, 7) is 0.470. The second-order valence-corrected chi connectivity index (χ2v) is 10.8. The largest absolute Gasteiger partial charge is 0.480 e. The highest BCUT2D eigenvalue weighted by Crippen LogP contribution is 2.24. The Morgan fingerprint density at radius 2 is 1.63 bits per heavy atom. The lowest BCUT2D eigenvalue weighted by atomic mass is 10.0. The second-order valence-electron chi connectivity index (χ2n) is 9.58. The van der Waals surface area contributed by atoms with Crippen molar-refractivity contribution < 1.29 is 39.0 Å². The number of nitrogens with two attached hydrogens (primary N) is 2. The maximum atomic E-state index is 13.4. The third-order valence-electron chi connectivity index (χ3n) is 6.45. The first-order chi connectivity index (χ1) is 19.4. The molecular formula is C25H33N7O8S. The van der Waals surface area contributed by atoms with E-state index in [0.29, 0.717) is 5.56 Å². The number of fused-ring (bicyclic) bond motifs is 1. The molecule has 2 aromatic rings. The molecule has 5 amide bonds. The fourth-order valence-corrected chi connectivity index (χ4v) is 5.36. The van der Waals surface area contributed by atoms with Crippen LogP contribution in [0.3, 0.4) is 0 Å². The number of H-pyrrole nitrogens is 1. The molecule has 41 heavy (non-hydrogen) atoms. The van der Waals surface area contributed by atoms with Gasteiger partial charge < -0.3 is 47.9 Å². The highest BCUT2D eigenvalue weighted by molar-refractivity contribution is 8.00. The Balaban J connectivity index is 2.01. The number of primary amides is 1. The van der Waals surface area contributed by atoms with Crippen LogP contribution >= 0.6 is 11.8 Å². The first kappa shape index (κ1) is 31.4. The van der Waals surface area contributed by atoms with Gasteiger partial charge in [0.05, 0.1) is 25.1 Å². The van der Waals surface area contributed by atoms with Gasteiger partial charge in [-0.25, -0.2) is 0 Å². The van der Waals surface area contributed by atoms with Crippen LogP contribution in [0, 0.1) is 0 Å². The molecule has 1 aliphatic heterocycles. The van der Waals surface area contributed by atoms with Crippen molar-refractivity contribution >= 4 is 58.2 Å². The number of carbonyl (C=O) groups is 6. The quantitative estimate of drug-likeness (QED) is 0.165. The molecule has 15 nitrogen and oxygen atoms in total. The average Bonchev–Trinajstić information content (AvgIpc) is 3.32. The van der Waals surface area contributed by atoms with Crippen LogP contribution in [0.1, 0.15) is 18.9 Å². The number of aromatic nitrogens is 1. The van der Waals surface area contributed by atoms with E-state index in [0.717, 1.165) is 22.7 Å². The topological polar surface area (TPSA) is 259 Å². The van der Waals surface area contributed by atoms with Crippen LogP contribution in [-0.2, 0) is 35.2 Å². The Morgan fingerprint density at radius 1 is 0.976 bits per heavy atom. The number of aliphatic hydroxyl groups is 1. The molecule has 0 saturated carbocycles. The summed E-state index contributed by atoms with van der Waals surface area (Å²) in [5.74, 6) is -5.94. The average molecular weight is 592 g/mol. The molecule has 1 aliphatic rings. The molecule has 0 bridgehead atoms. The number of nitrogens with one attached hydrogen (secondary N) is 5. The van der Waals surface area contributed by atoms with Crippen LogP contribution in [0.15, 0.2) is 30.5 Å². The Hall–Kier alpha value is -4.15. The Kier molecular flexibility index (Phi) is 10.7. The van der Waals surface area contributed by atoms with Crippen LogP contribution in [0.5, 0.6) is 0 Å². The maximum Gasteiger partial charge on any atom is 0.318 e. The number of benzene rings is 1. The maximum absolute atomic E-state index is 13.4. The van der Waals surface area contributed by atoms with Gasteiger partial charge in [-0.05, 0) is 25.0 Å². The third-order valence-corrected chi connectivity index (χ3v) is 7.89. The van der Waals surface area contributed by atoms with E-state index in [4.69, 9.17) is 11.5 Å². The lowest BCUT2D eigenvalue weighted by Gasteiger charge is -2.29. The number of aliphatic hydroxyl groups excluding tert-OH is 1. The Morgan fingerprint density at radius 3 is 2.29 bits per heavy atom. The van der Waals surface area contributed by atoms with E-state index < -0.39 is 84.0 Å². The monoisotopic (exact) mass is 591 g/mol. The molecule has 1 fully saturated rings. The van der Waals surface area contributed by atoms with Crippen molar-refractivity contribution in [3.8, 4) is 0 Å². The zero-order chi connectivity index (χ0) is 30.3. The van der Waals surface area contributed by atoms with E-state index in [-0.39, 0.29) is 12.2 Å². The molecular weight excluding hydrogens is 558 g/mol. The van der Waals surface area contributed by atoms with E-state index in [1.165, 1.54) is 6.92 Å². The van der Waals surface area contributed by atoms with Crippen molar-refractivity contribution in [3.63, 3.8) is 0 Å². The van der Waals surface area contributed by atoms with Crippen molar-refractivity contribution in [1.82, 2.24) is 26.3 Å². The van der Waals surface area contributed by atoms with Gasteiger partial charge in [0.25, 0.3) is 0 Å². The molecule has 0 spiro atoms. The smallest absolute Gasteiger partial charge is 0.318 e. The molecule has 11 N–H and O–H groups in total. The van der Waals surface area contributed by atoms with E-state index in [1.54, 1.807) is 12.3 Å². The molecule has 4 unspecified atom stereocenters. The van der Waals surface area contributed by atoms with Crippen LogP contribution in [0.4, 0.5) is 0 Å². The van der Waals surface area contributed by atoms with Gasteiger partial charge in [-0.15, -0.1) is 11.8 Å². The van der Waals surface area contributed by atoms with E-state index in [9.17, 15) is 39.0 Å². The highest BCUT2D eigenvalue weighted by Gasteiger charge is 2.36. The highest BCUT2D eigenvalue weighted by atomic mass is 32.2. The number of hydrogen-bond donors (Lipinski definition) is 9. The number of para-hydroxylation sites is 1. The predicted octanol–water partition coefficient (Wildman–Crippen LogP) is -2.94. The Labute approximate surface area is 238 Å². The summed E-state index contributed by atoms with van der Waals surface area (Å²) >= 11 is 0.788. The lowest BCUT2D eigenvalue weighted by Crippen LogP contribution is -2.60. The van der Waals surface area contributed by atoms with Gasteiger partial charge in [0.1, 0.15) is 23.4 Å². The van der Waals surface area contributed by atoms with Gasteiger partial charge in [-0.2, -0.15) is 0 Å². The summed E-state index contributed by atoms with van der Waals surface area (Å²) in [6, 6.07) is 0.677. The summed E-state index contributed by atoms with van der Waals surface area (Å²) in [5, 5.41) is 28.8. The summed E-state index contributed by atoms with van der Waals surface area (Å²) < 4.78 is 0. The summed E-state index contributed by atoms with van der Waals surface area (Å²) in [4.78, 5) is 78.7. The number of amides is 5. The number of carbonyl (C=O) groups excluding carboxylic acids is 5. The number of rotatable bonds is 6. The zero-order valence-corrected chi connectivity index (χ0v) is 22.9. The number of thioether (sulfide) groups is 1. The van der Waals surface area contributed by atoms with Gasteiger partial charge in [0.2, 0.25) is 29.5 Å². The van der Waals surface area contributed by atoms with Crippen molar-refractivity contribution in [2.75, 3.05) is 12.4 Å². The normalized spacial score (nSPS) is 26.9. The number of aliphatic carboxylic acids is 1. The third kappa shape index (κ3) is 8.18. The van der Waals surface area contributed by atoms with Gasteiger partial charge >= 0.3 is 5.97 Å².